The zero-order chi connectivity index (χ0) is 13.8. The van der Waals surface area contributed by atoms with Gasteiger partial charge in [-0.15, -0.1) is 0 Å². The maximum atomic E-state index is 13.5. The summed E-state index contributed by atoms with van der Waals surface area (Å²) in [6.45, 7) is -0.143. The van der Waals surface area contributed by atoms with Crippen molar-refractivity contribution in [2.24, 2.45) is 0 Å². The highest BCUT2D eigenvalue weighted by atomic mass is 35.5. The fourth-order valence-corrected chi connectivity index (χ4v) is 1.76. The molecule has 2 rings (SSSR count). The Balaban J connectivity index is 2.13. The lowest BCUT2D eigenvalue weighted by Crippen LogP contribution is -2.25. The Bertz CT molecular complexity index is 599. The summed E-state index contributed by atoms with van der Waals surface area (Å²) in [6.07, 6.45) is 1.40. The number of nitrogens with zero attached hydrogens (tertiary/aromatic N) is 1. The van der Waals surface area contributed by atoms with Gasteiger partial charge in [0.15, 0.2) is 0 Å². The summed E-state index contributed by atoms with van der Waals surface area (Å²) in [5.41, 5.74) is -0.191. The van der Waals surface area contributed by atoms with Crippen LogP contribution < -0.4 is 5.32 Å². The first-order valence-corrected chi connectivity index (χ1v) is 5.79. The molecular formula is C13H9ClF2N2O. The quantitative estimate of drug-likeness (QED) is 0.940. The molecule has 0 aliphatic heterocycles. The SMILES string of the molecule is O=C(NCc1ncccc1F)c1c(F)cccc1Cl. The number of nitrogens with one attached hydrogen (secondary N) is 1. The van der Waals surface area contributed by atoms with Crippen LogP contribution in [0.4, 0.5) is 8.78 Å². The van der Waals surface area contributed by atoms with E-state index >= 15 is 0 Å². The van der Waals surface area contributed by atoms with Gasteiger partial charge in [-0.3, -0.25) is 9.78 Å². The van der Waals surface area contributed by atoms with Crippen molar-refractivity contribution in [1.29, 1.82) is 0 Å². The van der Waals surface area contributed by atoms with Gasteiger partial charge in [0.2, 0.25) is 0 Å². The molecular weight excluding hydrogens is 274 g/mol. The van der Waals surface area contributed by atoms with E-state index in [1.165, 1.54) is 30.5 Å². The average Bonchev–Trinajstić information content (AvgIpc) is 2.37. The number of hydrogen-bond acceptors (Lipinski definition) is 2. The molecule has 0 saturated heterocycles. The van der Waals surface area contributed by atoms with E-state index < -0.39 is 17.5 Å². The van der Waals surface area contributed by atoms with Gasteiger partial charge in [0.05, 0.1) is 22.8 Å². The molecule has 0 saturated carbocycles. The summed E-state index contributed by atoms with van der Waals surface area (Å²) in [4.78, 5) is 15.6. The molecule has 1 aromatic carbocycles. The van der Waals surface area contributed by atoms with Crippen LogP contribution in [0.15, 0.2) is 36.5 Å². The first kappa shape index (κ1) is 13.4. The van der Waals surface area contributed by atoms with E-state index in [0.29, 0.717) is 0 Å². The van der Waals surface area contributed by atoms with Crippen molar-refractivity contribution in [3.63, 3.8) is 0 Å². The number of benzene rings is 1. The number of amides is 1. The van der Waals surface area contributed by atoms with Crippen LogP contribution in [-0.4, -0.2) is 10.9 Å². The van der Waals surface area contributed by atoms with Crippen molar-refractivity contribution < 1.29 is 13.6 Å². The second-order valence-electron chi connectivity index (χ2n) is 3.71. The number of carbonyl (C=O) groups is 1. The lowest BCUT2D eigenvalue weighted by molar-refractivity contribution is 0.0946. The van der Waals surface area contributed by atoms with Gasteiger partial charge in [-0.05, 0) is 24.3 Å². The average molecular weight is 283 g/mol. The van der Waals surface area contributed by atoms with E-state index in [4.69, 9.17) is 11.6 Å². The molecule has 0 radical (unpaired) electrons. The van der Waals surface area contributed by atoms with Crippen LogP contribution in [0.5, 0.6) is 0 Å². The van der Waals surface area contributed by atoms with Crippen molar-refractivity contribution in [1.82, 2.24) is 10.3 Å². The number of pyridine rings is 1. The number of aromatic nitrogens is 1. The van der Waals surface area contributed by atoms with Gasteiger partial charge in [-0.1, -0.05) is 17.7 Å². The van der Waals surface area contributed by atoms with Crippen molar-refractivity contribution in [2.75, 3.05) is 0 Å². The van der Waals surface area contributed by atoms with E-state index in [1.54, 1.807) is 0 Å². The molecule has 19 heavy (non-hydrogen) atoms. The van der Waals surface area contributed by atoms with E-state index in [-0.39, 0.29) is 22.8 Å². The summed E-state index contributed by atoms with van der Waals surface area (Å²) in [7, 11) is 0. The van der Waals surface area contributed by atoms with E-state index in [1.807, 2.05) is 0 Å². The van der Waals surface area contributed by atoms with Crippen LogP contribution in [0.25, 0.3) is 0 Å². The molecule has 0 bridgehead atoms. The molecule has 1 N–H and O–H groups in total. The van der Waals surface area contributed by atoms with E-state index in [2.05, 4.69) is 10.3 Å². The molecule has 0 aliphatic rings. The Labute approximate surface area is 113 Å². The van der Waals surface area contributed by atoms with Crippen LogP contribution in [0.1, 0.15) is 16.1 Å². The summed E-state index contributed by atoms with van der Waals surface area (Å²) in [5.74, 6) is -1.98. The predicted molar refractivity (Wildman–Crippen MR) is 66.8 cm³/mol. The van der Waals surface area contributed by atoms with Crippen LogP contribution in [0.2, 0.25) is 5.02 Å². The monoisotopic (exact) mass is 282 g/mol. The zero-order valence-electron chi connectivity index (χ0n) is 9.66. The maximum absolute atomic E-state index is 13.5. The van der Waals surface area contributed by atoms with Crippen LogP contribution in [0, 0.1) is 11.6 Å². The minimum atomic E-state index is -0.730. The van der Waals surface area contributed by atoms with Gasteiger partial charge in [0.1, 0.15) is 11.6 Å². The molecule has 0 fully saturated rings. The Morgan fingerprint density at radius 3 is 2.63 bits per heavy atom. The molecule has 0 spiro atoms. The Hall–Kier alpha value is -2.01. The molecule has 1 amide bonds. The standard InChI is InChI=1S/C13H9ClF2N2O/c14-8-3-1-4-10(16)12(8)13(19)18-7-11-9(15)5-2-6-17-11/h1-6H,7H2,(H,18,19). The van der Waals surface area contributed by atoms with Crippen LogP contribution in [-0.2, 0) is 6.54 Å². The van der Waals surface area contributed by atoms with Gasteiger partial charge < -0.3 is 5.32 Å². The normalized spacial score (nSPS) is 10.3. The fraction of sp³-hybridized carbons (Fsp3) is 0.0769. The van der Waals surface area contributed by atoms with Crippen molar-refractivity contribution in [3.05, 3.63) is 64.4 Å². The third-order valence-electron chi connectivity index (χ3n) is 2.44. The second-order valence-corrected chi connectivity index (χ2v) is 4.12. The third kappa shape index (κ3) is 3.06. The van der Waals surface area contributed by atoms with Crippen LogP contribution >= 0.6 is 11.6 Å². The highest BCUT2D eigenvalue weighted by Crippen LogP contribution is 2.18. The van der Waals surface area contributed by atoms with Crippen molar-refractivity contribution >= 4 is 17.5 Å². The summed E-state index contributed by atoms with van der Waals surface area (Å²) in [5, 5.41) is 2.37. The molecule has 1 aromatic heterocycles. The van der Waals surface area contributed by atoms with E-state index in [9.17, 15) is 13.6 Å². The van der Waals surface area contributed by atoms with Crippen LogP contribution in [0.3, 0.4) is 0 Å². The number of carbonyl (C=O) groups excluding carboxylic acids is 1. The first-order valence-electron chi connectivity index (χ1n) is 5.41. The first-order chi connectivity index (χ1) is 9.09. The van der Waals surface area contributed by atoms with Gasteiger partial charge >= 0.3 is 0 Å². The minimum absolute atomic E-state index is 0.000933. The smallest absolute Gasteiger partial charge is 0.256 e. The lowest BCUT2D eigenvalue weighted by atomic mass is 10.2. The molecule has 6 heteroatoms. The van der Waals surface area contributed by atoms with Gasteiger partial charge in [-0.2, -0.15) is 0 Å². The van der Waals surface area contributed by atoms with Gasteiger partial charge in [0.25, 0.3) is 5.91 Å². The number of rotatable bonds is 3. The molecule has 98 valence electrons. The highest BCUT2D eigenvalue weighted by Gasteiger charge is 2.15. The molecule has 1 heterocycles. The summed E-state index contributed by atoms with van der Waals surface area (Å²) < 4.78 is 26.8. The molecule has 0 atom stereocenters. The third-order valence-corrected chi connectivity index (χ3v) is 2.76. The van der Waals surface area contributed by atoms with E-state index in [0.717, 1.165) is 6.07 Å². The summed E-state index contributed by atoms with van der Waals surface area (Å²) in [6, 6.07) is 6.59. The second kappa shape index (κ2) is 5.75. The number of halogens is 3. The zero-order valence-corrected chi connectivity index (χ0v) is 10.4. The molecule has 3 nitrogen and oxygen atoms in total. The predicted octanol–water partition coefficient (Wildman–Crippen LogP) is 2.94. The molecule has 0 unspecified atom stereocenters. The summed E-state index contributed by atoms with van der Waals surface area (Å²) >= 11 is 5.75. The molecule has 0 aliphatic carbocycles. The Morgan fingerprint density at radius 2 is 1.95 bits per heavy atom. The molecule has 2 aromatic rings. The lowest BCUT2D eigenvalue weighted by Gasteiger charge is -2.07. The van der Waals surface area contributed by atoms with Gasteiger partial charge in [0, 0.05) is 6.20 Å². The van der Waals surface area contributed by atoms with Crippen molar-refractivity contribution in [3.8, 4) is 0 Å². The van der Waals surface area contributed by atoms with Gasteiger partial charge in [-0.25, -0.2) is 8.78 Å². The largest absolute Gasteiger partial charge is 0.346 e. The highest BCUT2D eigenvalue weighted by molar-refractivity contribution is 6.33. The Morgan fingerprint density at radius 1 is 1.21 bits per heavy atom. The minimum Gasteiger partial charge on any atom is -0.346 e. The Kier molecular flexibility index (Phi) is 4.06. The maximum Gasteiger partial charge on any atom is 0.256 e. The fourth-order valence-electron chi connectivity index (χ4n) is 1.52. The topological polar surface area (TPSA) is 42.0 Å². The number of hydrogen-bond donors (Lipinski definition) is 1. The van der Waals surface area contributed by atoms with Crippen molar-refractivity contribution in [2.45, 2.75) is 6.54 Å².